The van der Waals surface area contributed by atoms with Crippen LogP contribution in [0.4, 0.5) is 0 Å². The van der Waals surface area contributed by atoms with Crippen LogP contribution in [0.25, 0.3) is 0 Å². The summed E-state index contributed by atoms with van der Waals surface area (Å²) in [7, 11) is -8.47. The molecule has 0 rings (SSSR count). The molecule has 0 aliphatic rings. The molecule has 0 saturated carbocycles. The van der Waals surface area contributed by atoms with E-state index in [0.717, 1.165) is 0 Å². The number of hydrogen-bond acceptors (Lipinski definition) is 5. The Morgan fingerprint density at radius 3 is 1.48 bits per heavy atom. The van der Waals surface area contributed by atoms with Gasteiger partial charge in [0.2, 0.25) is 0 Å². The summed E-state index contributed by atoms with van der Waals surface area (Å²) in [5, 5.41) is 0. The molecule has 0 heterocycles. The number of nitrogens with zero attached hydrogens (tertiary/aromatic N) is 1. The molecule has 1 N–H and O–H groups in total. The van der Waals surface area contributed by atoms with Crippen LogP contribution in [-0.4, -0.2) is 33.9 Å². The lowest BCUT2D eigenvalue weighted by Crippen LogP contribution is -2.36. The SMILES string of the molecule is CC(C)OP(=O)(O)OP(=O)(OC(C)C)N(C(C)C)C(C)C. The van der Waals surface area contributed by atoms with Gasteiger partial charge in [0.05, 0.1) is 12.2 Å². The van der Waals surface area contributed by atoms with Gasteiger partial charge in [0.15, 0.2) is 0 Å². The van der Waals surface area contributed by atoms with Gasteiger partial charge in [-0.15, -0.1) is 0 Å². The zero-order valence-electron chi connectivity index (χ0n) is 14.1. The normalized spacial score (nSPS) is 18.8. The average molecular weight is 345 g/mol. The lowest BCUT2D eigenvalue weighted by atomic mass is 10.3. The average Bonchev–Trinajstić information content (AvgIpc) is 2.08. The minimum atomic E-state index is -4.49. The van der Waals surface area contributed by atoms with Crippen LogP contribution in [0.3, 0.4) is 0 Å². The molecule has 7 nitrogen and oxygen atoms in total. The van der Waals surface area contributed by atoms with Crippen molar-refractivity contribution in [3.05, 3.63) is 0 Å². The lowest BCUT2D eigenvalue weighted by Gasteiger charge is -2.37. The van der Waals surface area contributed by atoms with Crippen LogP contribution in [-0.2, 0) is 22.5 Å². The van der Waals surface area contributed by atoms with Gasteiger partial charge < -0.3 is 4.89 Å². The third-order valence-corrected chi connectivity index (χ3v) is 6.75. The van der Waals surface area contributed by atoms with E-state index in [-0.39, 0.29) is 12.1 Å². The Morgan fingerprint density at radius 2 is 1.19 bits per heavy atom. The van der Waals surface area contributed by atoms with E-state index in [1.807, 2.05) is 27.7 Å². The van der Waals surface area contributed by atoms with E-state index in [1.54, 1.807) is 27.7 Å². The maximum Gasteiger partial charge on any atom is 0.480 e. The zero-order valence-corrected chi connectivity index (χ0v) is 15.9. The molecule has 2 unspecified atom stereocenters. The summed E-state index contributed by atoms with van der Waals surface area (Å²) >= 11 is 0. The third kappa shape index (κ3) is 7.38. The molecular formula is C12H29NO6P2. The molecule has 0 aliphatic heterocycles. The molecule has 0 fully saturated rings. The fourth-order valence-corrected chi connectivity index (χ4v) is 5.95. The highest BCUT2D eigenvalue weighted by Crippen LogP contribution is 2.66. The fourth-order valence-electron chi connectivity index (χ4n) is 1.96. The summed E-state index contributed by atoms with van der Waals surface area (Å²) in [5.41, 5.74) is 0. The highest BCUT2D eigenvalue weighted by molar-refractivity contribution is 7.63. The highest BCUT2D eigenvalue weighted by atomic mass is 31.3. The second-order valence-electron chi connectivity index (χ2n) is 5.89. The summed E-state index contributed by atoms with van der Waals surface area (Å²) < 4.78 is 41.7. The van der Waals surface area contributed by atoms with E-state index in [2.05, 4.69) is 0 Å². The number of phosphoric acid groups is 1. The Labute approximate surface area is 128 Å². The van der Waals surface area contributed by atoms with Crippen LogP contribution in [0.1, 0.15) is 55.4 Å². The number of hydrogen-bond donors (Lipinski definition) is 1. The molecule has 0 bridgehead atoms. The molecule has 0 amide bonds. The predicted octanol–water partition coefficient (Wildman–Crippen LogP) is 4.18. The standard InChI is InChI=1S/C12H29NO6P2/c1-9(2)13(10(3)4)20(14,17-11(5)6)19-21(15,16)18-12(7)8/h9-12H,1-8H3,(H,15,16). The molecule has 21 heavy (non-hydrogen) atoms. The van der Waals surface area contributed by atoms with Gasteiger partial charge in [-0.25, -0.2) is 13.8 Å². The third-order valence-electron chi connectivity index (χ3n) is 2.24. The first kappa shape index (κ1) is 21.3. The van der Waals surface area contributed by atoms with Crippen molar-refractivity contribution in [3.63, 3.8) is 0 Å². The van der Waals surface area contributed by atoms with Crippen LogP contribution in [0.2, 0.25) is 0 Å². The van der Waals surface area contributed by atoms with Crippen LogP contribution in [0.15, 0.2) is 0 Å². The van der Waals surface area contributed by atoms with E-state index in [9.17, 15) is 14.0 Å². The molecule has 0 spiro atoms. The Morgan fingerprint density at radius 1 is 0.810 bits per heavy atom. The smallest absolute Gasteiger partial charge is 0.302 e. The maximum atomic E-state index is 13.1. The topological polar surface area (TPSA) is 85.3 Å². The van der Waals surface area contributed by atoms with E-state index < -0.39 is 27.8 Å². The largest absolute Gasteiger partial charge is 0.480 e. The van der Waals surface area contributed by atoms with Crippen molar-refractivity contribution in [3.8, 4) is 0 Å². The van der Waals surface area contributed by atoms with E-state index in [0.29, 0.717) is 0 Å². The van der Waals surface area contributed by atoms with Gasteiger partial charge in [0, 0.05) is 12.1 Å². The molecule has 9 heteroatoms. The summed E-state index contributed by atoms with van der Waals surface area (Å²) in [5.74, 6) is 0. The van der Waals surface area contributed by atoms with E-state index >= 15 is 0 Å². The van der Waals surface area contributed by atoms with Crippen molar-refractivity contribution in [1.82, 2.24) is 4.67 Å². The van der Waals surface area contributed by atoms with Gasteiger partial charge in [0.1, 0.15) is 0 Å². The first-order chi connectivity index (χ1) is 9.30. The summed E-state index contributed by atoms with van der Waals surface area (Å²) in [6.07, 6.45) is -0.977. The Kier molecular flexibility index (Phi) is 8.31. The minimum Gasteiger partial charge on any atom is -0.302 e. The van der Waals surface area contributed by atoms with Crippen molar-refractivity contribution in [2.24, 2.45) is 0 Å². The summed E-state index contributed by atoms with van der Waals surface area (Å²) in [6, 6.07) is -0.401. The molecular weight excluding hydrogens is 316 g/mol. The molecule has 0 aliphatic carbocycles. The van der Waals surface area contributed by atoms with Crippen molar-refractivity contribution < 1.29 is 27.4 Å². The maximum absolute atomic E-state index is 13.1. The second kappa shape index (κ2) is 8.21. The Hall–Kier alpha value is 0.260. The highest BCUT2D eigenvalue weighted by Gasteiger charge is 2.45. The van der Waals surface area contributed by atoms with Crippen molar-refractivity contribution >= 4 is 15.6 Å². The quantitative estimate of drug-likeness (QED) is 0.627. The molecule has 0 radical (unpaired) electrons. The molecule has 2 atom stereocenters. The van der Waals surface area contributed by atoms with E-state index in [1.165, 1.54) is 4.67 Å². The van der Waals surface area contributed by atoms with Crippen molar-refractivity contribution in [1.29, 1.82) is 0 Å². The Balaban J connectivity index is 5.54. The molecule has 0 saturated heterocycles. The molecule has 0 aromatic heterocycles. The predicted molar refractivity (Wildman–Crippen MR) is 83.1 cm³/mol. The van der Waals surface area contributed by atoms with Gasteiger partial charge in [-0.3, -0.25) is 9.05 Å². The first-order valence-electron chi connectivity index (χ1n) is 7.10. The van der Waals surface area contributed by atoms with Gasteiger partial charge in [-0.05, 0) is 55.4 Å². The monoisotopic (exact) mass is 345 g/mol. The van der Waals surface area contributed by atoms with Crippen molar-refractivity contribution in [2.45, 2.75) is 79.7 Å². The second-order valence-corrected chi connectivity index (χ2v) is 9.31. The molecule has 0 aromatic rings. The van der Waals surface area contributed by atoms with Gasteiger partial charge in [0.25, 0.3) is 0 Å². The van der Waals surface area contributed by atoms with Crippen molar-refractivity contribution in [2.75, 3.05) is 0 Å². The first-order valence-corrected chi connectivity index (χ1v) is 10.1. The van der Waals surface area contributed by atoms with Gasteiger partial charge in [-0.2, -0.15) is 4.31 Å². The van der Waals surface area contributed by atoms with Crippen LogP contribution in [0.5, 0.6) is 0 Å². The zero-order chi connectivity index (χ0) is 17.0. The van der Waals surface area contributed by atoms with Gasteiger partial charge >= 0.3 is 15.6 Å². The summed E-state index contributed by atoms with van der Waals surface area (Å²) in [6.45, 7) is 13.8. The van der Waals surface area contributed by atoms with Crippen LogP contribution >= 0.6 is 15.6 Å². The number of phosphoric ester groups is 1. The van der Waals surface area contributed by atoms with E-state index in [4.69, 9.17) is 13.4 Å². The summed E-state index contributed by atoms with van der Waals surface area (Å²) in [4.78, 5) is 9.78. The van der Waals surface area contributed by atoms with Crippen LogP contribution in [0, 0.1) is 0 Å². The lowest BCUT2D eigenvalue weighted by molar-refractivity contribution is 0.111. The Bertz CT molecular complexity index is 403. The molecule has 128 valence electrons. The fraction of sp³-hybridized carbons (Fsp3) is 1.00. The molecule has 0 aromatic carbocycles. The number of rotatable bonds is 9. The van der Waals surface area contributed by atoms with Gasteiger partial charge in [-0.1, -0.05) is 0 Å². The van der Waals surface area contributed by atoms with Crippen LogP contribution < -0.4 is 0 Å². The minimum absolute atomic E-state index is 0.200.